The van der Waals surface area contributed by atoms with Crippen LogP contribution in [0.25, 0.3) is 22.9 Å². The van der Waals surface area contributed by atoms with Gasteiger partial charge in [-0.15, -0.1) is 11.8 Å². The average Bonchev–Trinajstić information content (AvgIpc) is 0.984. The molecule has 3 aromatic carbocycles. The Morgan fingerprint density at radius 1 is 0.560 bits per heavy atom. The number of amides is 3. The number of benzene rings is 3. The van der Waals surface area contributed by atoms with Gasteiger partial charge in [0.2, 0.25) is 17.3 Å². The van der Waals surface area contributed by atoms with Crippen LogP contribution in [0, 0.1) is 41.4 Å². The number of nitrogens with zero attached hydrogens (tertiary/aromatic N) is 4. The first-order valence-corrected chi connectivity index (χ1v) is 36.1. The summed E-state index contributed by atoms with van der Waals surface area (Å²) in [6, 6.07) is 5.76. The molecule has 31 heteroatoms. The van der Waals surface area contributed by atoms with Crippen molar-refractivity contribution in [1.82, 2.24) is 14.7 Å². The Bertz CT molecular complexity index is 4970. The number of primary amides is 3. The van der Waals surface area contributed by atoms with Crippen LogP contribution in [0.3, 0.4) is 0 Å². The molecule has 15 atom stereocenters. The molecule has 1 heterocycles. The number of allylic oxidation sites excluding steroid dienone is 4. The normalized spacial score (nSPS) is 30.9. The Hall–Kier alpha value is -10.4. The third-order valence-electron chi connectivity index (χ3n) is 23.4. The zero-order valence-electron chi connectivity index (χ0n) is 60.8. The fourth-order valence-corrected chi connectivity index (χ4v) is 19.8. The fraction of sp³-hybridized carbons (Fsp3) is 0.423. The van der Waals surface area contributed by atoms with E-state index in [0.29, 0.717) is 27.3 Å². The van der Waals surface area contributed by atoms with Crippen LogP contribution in [0.4, 0.5) is 5.69 Å². The van der Waals surface area contributed by atoms with Gasteiger partial charge in [-0.05, 0) is 152 Å². The molecule has 1 aliphatic heterocycles. The fourth-order valence-electron chi connectivity index (χ4n) is 18.4. The summed E-state index contributed by atoms with van der Waals surface area (Å²) in [7, 11) is 12.6. The molecule has 3 saturated carbocycles. The predicted octanol–water partition coefficient (Wildman–Crippen LogP) is 2.18. The first-order valence-electron chi connectivity index (χ1n) is 35.2. The molecule has 0 aromatic heterocycles. The maximum Gasteiger partial charge on any atom is 0.255 e. The SMILES string of the molecule is CN(C)[C@@H]1C(=O)C(C(N)=O)=C(O)[C@@]2(O)C(=O)C3=C(O)c4c(O)cccc4SC3[C@H](O)C12.CN(C)c1cc(C#CC2=CCCCC2)c(O)c2c1CC1CC3[C@H](N(C)C)C(=O)C(C(N)=O)=C(O)[C@@]3(O)C(=O)C1=C2O.C[C@H]1c2ccc(C3=CCCC3)c(O)c2C(O)=C2C(=O)[C@]3(O)C(O)=C(C(N)=O)C(=O)[C@@H](N(C)C)C3[C@@H](O)C21. The van der Waals surface area contributed by atoms with Gasteiger partial charge in [0.15, 0.2) is 34.2 Å². The van der Waals surface area contributed by atoms with Crippen molar-refractivity contribution in [2.24, 2.45) is 46.8 Å². The minimum absolute atomic E-state index is 0.0151. The van der Waals surface area contributed by atoms with Gasteiger partial charge in [0.25, 0.3) is 17.7 Å². The van der Waals surface area contributed by atoms with E-state index in [9.17, 15) is 115 Å². The molecule has 109 heavy (non-hydrogen) atoms. The van der Waals surface area contributed by atoms with Gasteiger partial charge in [0, 0.05) is 53.2 Å². The van der Waals surface area contributed by atoms with Crippen molar-refractivity contribution < 1.29 is 115 Å². The highest BCUT2D eigenvalue weighted by molar-refractivity contribution is 8.00. The number of ketones is 6. The molecule has 11 aliphatic rings. The number of rotatable bonds is 8. The van der Waals surface area contributed by atoms with Gasteiger partial charge >= 0.3 is 0 Å². The number of nitrogens with two attached hydrogens (primary N) is 3. The number of hydrogen-bond donors (Lipinski definition) is 17. The van der Waals surface area contributed by atoms with Gasteiger partial charge in [-0.3, -0.25) is 57.9 Å². The molecule has 6 unspecified atom stereocenters. The van der Waals surface area contributed by atoms with E-state index < -0.39 is 197 Å². The van der Waals surface area contributed by atoms with E-state index in [2.05, 4.69) is 17.9 Å². The van der Waals surface area contributed by atoms with Crippen molar-refractivity contribution in [2.75, 3.05) is 61.3 Å². The van der Waals surface area contributed by atoms with Crippen molar-refractivity contribution >= 4 is 92.7 Å². The number of aliphatic hydroxyl groups is 11. The topological polar surface area (TPSA) is 528 Å². The van der Waals surface area contributed by atoms with E-state index in [1.807, 2.05) is 25.1 Å². The highest BCUT2D eigenvalue weighted by Crippen LogP contribution is 2.60. The van der Waals surface area contributed by atoms with Gasteiger partial charge in [-0.1, -0.05) is 49.1 Å². The number of carbonyl (C=O) groups excluding carboxylic acids is 9. The summed E-state index contributed by atoms with van der Waals surface area (Å²) in [4.78, 5) is 123. The van der Waals surface area contributed by atoms with Gasteiger partial charge in [-0.25, -0.2) is 0 Å². The van der Waals surface area contributed by atoms with Crippen molar-refractivity contribution in [3.63, 3.8) is 0 Å². The number of hydrogen-bond acceptors (Lipinski definition) is 28. The molecule has 20 N–H and O–H groups in total. The van der Waals surface area contributed by atoms with Gasteiger partial charge < -0.3 is 93.6 Å². The third kappa shape index (κ3) is 11.5. The van der Waals surface area contributed by atoms with E-state index in [1.165, 1.54) is 55.0 Å². The largest absolute Gasteiger partial charge is 0.508 e. The lowest BCUT2D eigenvalue weighted by Gasteiger charge is -2.53. The molecule has 0 saturated heterocycles. The lowest BCUT2D eigenvalue weighted by molar-refractivity contribution is -0.169. The molecule has 30 nitrogen and oxygen atoms in total. The second-order valence-corrected chi connectivity index (χ2v) is 31.4. The van der Waals surface area contributed by atoms with E-state index in [0.717, 1.165) is 67.9 Å². The molecular formula is C78H85N7O23S. The van der Waals surface area contributed by atoms with Crippen LogP contribution < -0.4 is 22.1 Å². The number of phenolic OH excluding ortho intramolecular Hbond substituents is 3. The van der Waals surface area contributed by atoms with E-state index in [4.69, 9.17) is 17.2 Å². The predicted molar refractivity (Wildman–Crippen MR) is 392 cm³/mol. The van der Waals surface area contributed by atoms with E-state index in [1.54, 1.807) is 45.3 Å². The number of aliphatic hydroxyl groups excluding tert-OH is 8. The Kier molecular flexibility index (Phi) is 20.0. The first-order chi connectivity index (χ1) is 51.1. The maximum atomic E-state index is 14.1. The molecule has 10 aliphatic carbocycles. The molecule has 0 spiro atoms. The minimum Gasteiger partial charge on any atom is -0.508 e. The number of carbonyl (C=O) groups is 9. The summed E-state index contributed by atoms with van der Waals surface area (Å²) >= 11 is 0.969. The second-order valence-electron chi connectivity index (χ2n) is 30.2. The summed E-state index contributed by atoms with van der Waals surface area (Å²) in [6.07, 6.45) is 7.61. The van der Waals surface area contributed by atoms with Gasteiger partial charge in [0.05, 0.1) is 75.2 Å². The molecule has 0 bridgehead atoms. The summed E-state index contributed by atoms with van der Waals surface area (Å²) < 4.78 is 0. The number of phenols is 3. The standard InChI is InChI=1S/C31H35N3O7.C27H30N2O8.C20H20N2O8S/c1-33(2)20-14-16(11-10-15-8-6-5-7-9-15)25(35)22-18(20)12-17-13-19-24(34(3)4)27(37)23(30(32)40)29(39)31(19,41)28(38)21(17)26(22)36;1-10-12-8-9-13(11-6-4-5-7-11)20(30)15(12)21(31)16-14(10)22(32)18-19(29(2)3)23(33)17(26(28)36)25(35)27(18,37)24(16)34;1-22(2)12-11-15(26)16-9(13(24)8-6(23)4-3-5-7(8)31-16)17(27)20(11,30)18(28)10(14(12)25)19(21)29/h8,14,17,19,24,35-36,39,41H,5-7,9,12-13H2,1-4H3,(H2,32,40);6,8-10,14,18-19,22,30-32,35,37H,4-5,7H2,1-3H3,(H2,28,36);3-5,11-12,15-16,23-24,26,28,30H,1-2H3,(H2,21,29)/t17?,19?,24-,31-;10-,14?,18?,19-,22-,27-;11?,12-,15+,16?,20-/m000/s1. The van der Waals surface area contributed by atoms with E-state index in [-0.39, 0.29) is 63.5 Å². The van der Waals surface area contributed by atoms with Gasteiger partial charge in [0.1, 0.15) is 68.5 Å². The molecular weight excluding hydrogens is 1430 g/mol. The van der Waals surface area contributed by atoms with Crippen LogP contribution in [0.2, 0.25) is 0 Å². The number of fused-ring (bicyclic) bond motifs is 9. The molecule has 3 amide bonds. The Morgan fingerprint density at radius 3 is 1.60 bits per heavy atom. The van der Waals surface area contributed by atoms with Crippen molar-refractivity contribution in [2.45, 2.75) is 128 Å². The number of likely N-dealkylation sites (N-methyl/N-ethyl adjacent to an activating group) is 3. The molecule has 3 fully saturated rings. The lowest BCUT2D eigenvalue weighted by Crippen LogP contribution is -2.70. The van der Waals surface area contributed by atoms with Crippen LogP contribution in [0.5, 0.6) is 17.2 Å². The van der Waals surface area contributed by atoms with Crippen LogP contribution in [0.15, 0.2) is 110 Å². The monoisotopic (exact) mass is 1520 g/mol. The zero-order chi connectivity index (χ0) is 80.1. The van der Waals surface area contributed by atoms with Crippen LogP contribution in [-0.2, 0) is 49.6 Å². The Morgan fingerprint density at radius 2 is 1.07 bits per heavy atom. The number of Topliss-reactive ketones (excluding diaryl/α,β-unsaturated/α-hetero) is 6. The zero-order valence-corrected chi connectivity index (χ0v) is 61.6. The number of anilines is 1. The van der Waals surface area contributed by atoms with E-state index >= 15 is 0 Å². The Balaban J connectivity index is 0.000000154. The van der Waals surface area contributed by atoms with Crippen molar-refractivity contribution in [3.05, 3.63) is 144 Å². The molecule has 0 radical (unpaired) electrons. The highest BCUT2D eigenvalue weighted by Gasteiger charge is 2.71. The van der Waals surface area contributed by atoms with Crippen LogP contribution >= 0.6 is 11.8 Å². The summed E-state index contributed by atoms with van der Waals surface area (Å²) in [5, 5.41) is 156. The van der Waals surface area contributed by atoms with Crippen LogP contribution in [-0.4, -0.2) is 247 Å². The average molecular weight is 1520 g/mol. The smallest absolute Gasteiger partial charge is 0.255 e. The number of thioether (sulfide) groups is 1. The molecule has 14 rings (SSSR count). The Labute approximate surface area is 628 Å². The summed E-state index contributed by atoms with van der Waals surface area (Å²) in [5.74, 6) is -16.7. The summed E-state index contributed by atoms with van der Waals surface area (Å²) in [6.45, 7) is 1.71. The van der Waals surface area contributed by atoms with Gasteiger partial charge in [-0.2, -0.15) is 0 Å². The second kappa shape index (κ2) is 27.9. The number of aromatic hydroxyl groups is 3. The van der Waals surface area contributed by atoms with Crippen molar-refractivity contribution in [3.8, 4) is 29.1 Å². The van der Waals surface area contributed by atoms with Crippen molar-refractivity contribution in [1.29, 1.82) is 0 Å². The maximum absolute atomic E-state index is 14.1. The highest BCUT2D eigenvalue weighted by atomic mass is 32.2. The minimum atomic E-state index is -2.91. The first kappa shape index (κ1) is 78.2. The van der Waals surface area contributed by atoms with Crippen LogP contribution in [0.1, 0.15) is 103 Å². The third-order valence-corrected chi connectivity index (χ3v) is 24.7. The lowest BCUT2D eigenvalue weighted by atomic mass is 9.54. The summed E-state index contributed by atoms with van der Waals surface area (Å²) in [5.41, 5.74) is 8.22. The molecule has 3 aromatic rings. The quantitative estimate of drug-likeness (QED) is 0.113. The molecule has 576 valence electrons.